The van der Waals surface area contributed by atoms with Crippen molar-refractivity contribution in [3.8, 4) is 0 Å². The van der Waals surface area contributed by atoms with E-state index >= 15 is 0 Å². The van der Waals surface area contributed by atoms with Crippen molar-refractivity contribution < 1.29 is 4.92 Å². The Morgan fingerprint density at radius 1 is 1.33 bits per heavy atom. The first-order chi connectivity index (χ1) is 5.61. The van der Waals surface area contributed by atoms with E-state index in [0.717, 1.165) is 19.3 Å². The van der Waals surface area contributed by atoms with Crippen LogP contribution < -0.4 is 5.73 Å². The molecule has 1 rings (SSSR count). The third-order valence-electron chi connectivity index (χ3n) is 2.35. The predicted octanol–water partition coefficient (Wildman–Crippen LogP) is 1.30. The van der Waals surface area contributed by atoms with Gasteiger partial charge in [0.25, 0.3) is 0 Å². The molecule has 5 heteroatoms. The Morgan fingerprint density at radius 3 is 2.50 bits per heavy atom. The molecule has 1 saturated carbocycles. The lowest BCUT2D eigenvalue weighted by Gasteiger charge is -2.12. The summed E-state index contributed by atoms with van der Waals surface area (Å²) in [5, 5.41) is 10.5. The summed E-state index contributed by atoms with van der Waals surface area (Å²) in [5.74, 6) is 0. The summed E-state index contributed by atoms with van der Waals surface area (Å²) in [6, 6.07) is -0.796. The Bertz CT molecular complexity index is 177. The van der Waals surface area contributed by atoms with Crippen LogP contribution in [0.3, 0.4) is 0 Å². The molecule has 0 spiro atoms. The molecule has 4 nitrogen and oxygen atoms in total. The largest absolute Gasteiger partial charge is 0.322 e. The van der Waals surface area contributed by atoms with Gasteiger partial charge in [-0.3, -0.25) is 10.1 Å². The van der Waals surface area contributed by atoms with E-state index < -0.39 is 6.04 Å². The van der Waals surface area contributed by atoms with Crippen LogP contribution in [0.15, 0.2) is 0 Å². The molecule has 0 heterocycles. The fourth-order valence-corrected chi connectivity index (χ4v) is 2.07. The fraction of sp³-hybridized carbons (Fsp3) is 1.00. The number of nitro groups is 1. The van der Waals surface area contributed by atoms with Gasteiger partial charge < -0.3 is 5.73 Å². The molecular weight excluding hydrogens is 224 g/mol. The zero-order valence-corrected chi connectivity index (χ0v) is 8.37. The smallest absolute Gasteiger partial charge is 0.228 e. The molecule has 0 radical (unpaired) electrons. The Balaban J connectivity index is 2.56. The van der Waals surface area contributed by atoms with Gasteiger partial charge in [0.05, 0.1) is 6.04 Å². The SMILES string of the molecule is NC1CCC(Br)CCC1[N+](=O)[O-]. The molecule has 2 N–H and O–H groups in total. The van der Waals surface area contributed by atoms with Crippen molar-refractivity contribution in [1.82, 2.24) is 0 Å². The molecule has 12 heavy (non-hydrogen) atoms. The molecule has 3 unspecified atom stereocenters. The molecule has 3 atom stereocenters. The summed E-state index contributed by atoms with van der Waals surface area (Å²) in [6.45, 7) is 0. The van der Waals surface area contributed by atoms with Gasteiger partial charge in [0.1, 0.15) is 0 Å². The highest BCUT2D eigenvalue weighted by Crippen LogP contribution is 2.24. The Morgan fingerprint density at radius 2 is 1.92 bits per heavy atom. The first-order valence-corrected chi connectivity index (χ1v) is 5.06. The van der Waals surface area contributed by atoms with Gasteiger partial charge >= 0.3 is 0 Å². The summed E-state index contributed by atoms with van der Waals surface area (Å²) in [4.78, 5) is 10.7. The minimum atomic E-state index is -0.535. The topological polar surface area (TPSA) is 69.2 Å². The second-order valence-corrected chi connectivity index (χ2v) is 4.56. The number of halogens is 1. The van der Waals surface area contributed by atoms with Crippen molar-refractivity contribution in [1.29, 1.82) is 0 Å². The van der Waals surface area contributed by atoms with Crippen molar-refractivity contribution >= 4 is 15.9 Å². The molecule has 0 bridgehead atoms. The summed E-state index contributed by atoms with van der Waals surface area (Å²) in [5.41, 5.74) is 5.68. The van der Waals surface area contributed by atoms with Crippen LogP contribution in [-0.4, -0.2) is 21.8 Å². The van der Waals surface area contributed by atoms with Crippen LogP contribution in [0.25, 0.3) is 0 Å². The number of alkyl halides is 1. The third-order valence-corrected chi connectivity index (χ3v) is 3.27. The minimum Gasteiger partial charge on any atom is -0.322 e. The predicted molar refractivity (Wildman–Crippen MR) is 49.9 cm³/mol. The number of hydrogen-bond acceptors (Lipinski definition) is 3. The molecule has 0 aromatic heterocycles. The van der Waals surface area contributed by atoms with Crippen LogP contribution in [0, 0.1) is 10.1 Å². The van der Waals surface area contributed by atoms with Gasteiger partial charge in [-0.2, -0.15) is 0 Å². The zero-order chi connectivity index (χ0) is 9.14. The number of nitrogens with two attached hydrogens (primary N) is 1. The molecule has 0 saturated heterocycles. The van der Waals surface area contributed by atoms with Crippen LogP contribution in [0.1, 0.15) is 25.7 Å². The average Bonchev–Trinajstić information content (AvgIpc) is 2.14. The van der Waals surface area contributed by atoms with Gasteiger partial charge in [-0.05, 0) is 19.3 Å². The van der Waals surface area contributed by atoms with Crippen LogP contribution in [0.2, 0.25) is 0 Å². The summed E-state index contributed by atoms with van der Waals surface area (Å²) in [7, 11) is 0. The highest BCUT2D eigenvalue weighted by Gasteiger charge is 2.31. The van der Waals surface area contributed by atoms with E-state index in [4.69, 9.17) is 5.73 Å². The van der Waals surface area contributed by atoms with E-state index in [-0.39, 0.29) is 11.0 Å². The van der Waals surface area contributed by atoms with Gasteiger partial charge in [0.15, 0.2) is 0 Å². The molecule has 1 aliphatic rings. The molecule has 0 aliphatic heterocycles. The molecule has 0 aromatic rings. The Labute approximate surface area is 79.8 Å². The van der Waals surface area contributed by atoms with Crippen LogP contribution in [0.4, 0.5) is 0 Å². The van der Waals surface area contributed by atoms with Crippen molar-refractivity contribution in [2.45, 2.75) is 42.6 Å². The average molecular weight is 237 g/mol. The van der Waals surface area contributed by atoms with E-state index in [0.29, 0.717) is 11.2 Å². The van der Waals surface area contributed by atoms with Crippen molar-refractivity contribution in [2.75, 3.05) is 0 Å². The molecular formula is C7H13BrN2O2. The van der Waals surface area contributed by atoms with Gasteiger partial charge in [-0.15, -0.1) is 0 Å². The number of rotatable bonds is 1. The monoisotopic (exact) mass is 236 g/mol. The normalized spacial score (nSPS) is 37.3. The summed E-state index contributed by atoms with van der Waals surface area (Å²) in [6.07, 6.45) is 3.16. The maximum absolute atomic E-state index is 10.5. The van der Waals surface area contributed by atoms with Crippen LogP contribution in [-0.2, 0) is 0 Å². The highest BCUT2D eigenvalue weighted by atomic mass is 79.9. The second-order valence-electron chi connectivity index (χ2n) is 3.27. The van der Waals surface area contributed by atoms with Crippen molar-refractivity contribution in [3.05, 3.63) is 10.1 Å². The summed E-state index contributed by atoms with van der Waals surface area (Å²) < 4.78 is 0. The number of hydrogen-bond donors (Lipinski definition) is 1. The Hall–Kier alpha value is -0.160. The highest BCUT2D eigenvalue weighted by molar-refractivity contribution is 9.09. The lowest BCUT2D eigenvalue weighted by Crippen LogP contribution is -2.39. The quantitative estimate of drug-likeness (QED) is 0.323. The third kappa shape index (κ3) is 2.42. The number of nitrogens with zero attached hydrogens (tertiary/aromatic N) is 1. The van der Waals surface area contributed by atoms with E-state index in [1.165, 1.54) is 0 Å². The lowest BCUT2D eigenvalue weighted by atomic mass is 10.1. The van der Waals surface area contributed by atoms with Gasteiger partial charge in [0, 0.05) is 16.2 Å². The van der Waals surface area contributed by atoms with Crippen LogP contribution >= 0.6 is 15.9 Å². The van der Waals surface area contributed by atoms with Crippen molar-refractivity contribution in [3.63, 3.8) is 0 Å². The first kappa shape index (κ1) is 9.92. The first-order valence-electron chi connectivity index (χ1n) is 4.14. The van der Waals surface area contributed by atoms with E-state index in [1.807, 2.05) is 0 Å². The maximum Gasteiger partial charge on any atom is 0.228 e. The minimum absolute atomic E-state index is 0.240. The Kier molecular flexibility index (Phi) is 3.46. The lowest BCUT2D eigenvalue weighted by molar-refractivity contribution is -0.526. The van der Waals surface area contributed by atoms with E-state index in [9.17, 15) is 10.1 Å². The van der Waals surface area contributed by atoms with Gasteiger partial charge in [-0.25, -0.2) is 0 Å². The van der Waals surface area contributed by atoms with Crippen LogP contribution in [0.5, 0.6) is 0 Å². The van der Waals surface area contributed by atoms with Gasteiger partial charge in [0.2, 0.25) is 6.04 Å². The van der Waals surface area contributed by atoms with E-state index in [1.54, 1.807) is 0 Å². The fourth-order valence-electron chi connectivity index (χ4n) is 1.54. The van der Waals surface area contributed by atoms with E-state index in [2.05, 4.69) is 15.9 Å². The molecule has 1 fully saturated rings. The van der Waals surface area contributed by atoms with Crippen molar-refractivity contribution in [2.24, 2.45) is 5.73 Å². The standard InChI is InChI=1S/C7H13BrN2O2/c8-5-1-3-6(9)7(4-2-5)10(11)12/h5-7H,1-4,9H2. The molecule has 1 aliphatic carbocycles. The second kappa shape index (κ2) is 4.18. The molecule has 0 aromatic carbocycles. The maximum atomic E-state index is 10.5. The molecule has 70 valence electrons. The van der Waals surface area contributed by atoms with Gasteiger partial charge in [-0.1, -0.05) is 15.9 Å². The zero-order valence-electron chi connectivity index (χ0n) is 6.78. The molecule has 0 amide bonds. The summed E-state index contributed by atoms with van der Waals surface area (Å²) >= 11 is 3.46.